The van der Waals surface area contributed by atoms with Crippen LogP contribution in [0.1, 0.15) is 42.4 Å². The number of piperazine rings is 1. The van der Waals surface area contributed by atoms with Gasteiger partial charge in [-0.15, -0.1) is 0 Å². The molecule has 0 aliphatic carbocycles. The van der Waals surface area contributed by atoms with Gasteiger partial charge in [-0.25, -0.2) is 4.79 Å². The molecule has 2 heterocycles. The monoisotopic (exact) mass is 410 g/mol. The van der Waals surface area contributed by atoms with E-state index in [0.29, 0.717) is 37.4 Å². The summed E-state index contributed by atoms with van der Waals surface area (Å²) in [6.07, 6.45) is 0.409. The standard InChI is InChI=1S/C22H26N4O4/c1-15-16(14-27)5-6-19-18(15)11-17(12-23)26(19)13-20(28)24-7-9-25(10-8-24)21(29)30-22(2,3)4/h5-6,11,14H,7-10,13H2,1-4H3. The summed E-state index contributed by atoms with van der Waals surface area (Å²) in [7, 11) is 0. The SMILES string of the molecule is Cc1c(C=O)ccc2c1cc(C#N)n2CC(=O)N1CCN(C(=O)OC(C)(C)C)CC1. The highest BCUT2D eigenvalue weighted by Crippen LogP contribution is 2.25. The first-order valence-electron chi connectivity index (χ1n) is 9.88. The van der Waals surface area contributed by atoms with Gasteiger partial charge < -0.3 is 19.1 Å². The van der Waals surface area contributed by atoms with Crippen LogP contribution >= 0.6 is 0 Å². The first kappa shape index (κ1) is 21.4. The second-order valence-corrected chi connectivity index (χ2v) is 8.41. The molecule has 8 nitrogen and oxygen atoms in total. The normalized spacial score (nSPS) is 14.5. The molecular weight excluding hydrogens is 384 g/mol. The highest BCUT2D eigenvalue weighted by molar-refractivity contribution is 5.93. The summed E-state index contributed by atoms with van der Waals surface area (Å²) in [6.45, 7) is 8.94. The lowest BCUT2D eigenvalue weighted by Gasteiger charge is -2.35. The van der Waals surface area contributed by atoms with Crippen LogP contribution in [0.5, 0.6) is 0 Å². The molecule has 0 spiro atoms. The Morgan fingerprint density at radius 2 is 1.80 bits per heavy atom. The maximum atomic E-state index is 12.9. The van der Waals surface area contributed by atoms with E-state index in [4.69, 9.17) is 4.74 Å². The summed E-state index contributed by atoms with van der Waals surface area (Å²) in [6, 6.07) is 7.32. The number of ether oxygens (including phenoxy) is 1. The van der Waals surface area contributed by atoms with E-state index in [-0.39, 0.29) is 18.5 Å². The Hall–Kier alpha value is -3.34. The molecule has 0 atom stereocenters. The summed E-state index contributed by atoms with van der Waals surface area (Å²) >= 11 is 0. The Morgan fingerprint density at radius 3 is 2.37 bits per heavy atom. The summed E-state index contributed by atoms with van der Waals surface area (Å²) in [5.74, 6) is -0.120. The predicted octanol–water partition coefficient (Wildman–Crippen LogP) is 2.71. The number of fused-ring (bicyclic) bond motifs is 1. The second-order valence-electron chi connectivity index (χ2n) is 8.41. The zero-order chi connectivity index (χ0) is 22.1. The average Bonchev–Trinajstić information content (AvgIpc) is 3.05. The Bertz CT molecular complexity index is 1030. The molecule has 1 aromatic heterocycles. The van der Waals surface area contributed by atoms with Crippen molar-refractivity contribution in [3.63, 3.8) is 0 Å². The van der Waals surface area contributed by atoms with Crippen LogP contribution in [0.15, 0.2) is 18.2 Å². The van der Waals surface area contributed by atoms with Crippen LogP contribution in [0.25, 0.3) is 10.9 Å². The van der Waals surface area contributed by atoms with Gasteiger partial charge in [-0.05, 0) is 51.5 Å². The minimum absolute atomic E-state index is 0.0265. The van der Waals surface area contributed by atoms with Crippen LogP contribution < -0.4 is 0 Å². The molecule has 1 aliphatic heterocycles. The van der Waals surface area contributed by atoms with Crippen molar-refractivity contribution in [1.29, 1.82) is 5.26 Å². The number of nitriles is 1. The number of benzene rings is 1. The van der Waals surface area contributed by atoms with Gasteiger partial charge >= 0.3 is 6.09 Å². The number of aromatic nitrogens is 1. The van der Waals surface area contributed by atoms with Crippen molar-refractivity contribution >= 4 is 29.2 Å². The van der Waals surface area contributed by atoms with Crippen molar-refractivity contribution in [2.45, 2.75) is 39.8 Å². The molecule has 2 amide bonds. The maximum Gasteiger partial charge on any atom is 0.410 e. The fourth-order valence-corrected chi connectivity index (χ4v) is 3.58. The minimum atomic E-state index is -0.560. The van der Waals surface area contributed by atoms with Crippen LogP contribution in [0, 0.1) is 18.3 Å². The van der Waals surface area contributed by atoms with Crippen molar-refractivity contribution in [3.8, 4) is 6.07 Å². The largest absolute Gasteiger partial charge is 0.444 e. The van der Waals surface area contributed by atoms with Gasteiger partial charge in [0.05, 0.1) is 0 Å². The quantitative estimate of drug-likeness (QED) is 0.725. The summed E-state index contributed by atoms with van der Waals surface area (Å²) < 4.78 is 7.07. The van der Waals surface area contributed by atoms with E-state index >= 15 is 0 Å². The number of hydrogen-bond acceptors (Lipinski definition) is 5. The van der Waals surface area contributed by atoms with Gasteiger partial charge in [0.2, 0.25) is 5.91 Å². The van der Waals surface area contributed by atoms with Crippen LogP contribution in [0.2, 0.25) is 0 Å². The molecule has 3 rings (SSSR count). The van der Waals surface area contributed by atoms with Gasteiger partial charge in [0.1, 0.15) is 30.2 Å². The number of hydrogen-bond donors (Lipinski definition) is 0. The van der Waals surface area contributed by atoms with Crippen molar-refractivity contribution in [1.82, 2.24) is 14.4 Å². The molecule has 8 heteroatoms. The van der Waals surface area contributed by atoms with E-state index in [1.165, 1.54) is 0 Å². The molecule has 0 bridgehead atoms. The molecule has 1 fully saturated rings. The van der Waals surface area contributed by atoms with Crippen molar-refractivity contribution < 1.29 is 19.1 Å². The predicted molar refractivity (Wildman–Crippen MR) is 111 cm³/mol. The Balaban J connectivity index is 1.72. The van der Waals surface area contributed by atoms with Gasteiger partial charge in [0.25, 0.3) is 0 Å². The van der Waals surface area contributed by atoms with Gasteiger partial charge in [-0.3, -0.25) is 9.59 Å². The number of aldehydes is 1. The third-order valence-electron chi connectivity index (χ3n) is 5.22. The lowest BCUT2D eigenvalue weighted by molar-refractivity contribution is -0.133. The van der Waals surface area contributed by atoms with E-state index in [9.17, 15) is 19.6 Å². The third kappa shape index (κ3) is 4.30. The van der Waals surface area contributed by atoms with E-state index in [1.54, 1.807) is 32.6 Å². The van der Waals surface area contributed by atoms with Gasteiger partial charge in [0, 0.05) is 42.6 Å². The number of carbonyl (C=O) groups is 3. The topological polar surface area (TPSA) is 95.6 Å². The number of aryl methyl sites for hydroxylation is 1. The molecule has 2 aromatic rings. The highest BCUT2D eigenvalue weighted by Gasteiger charge is 2.28. The smallest absolute Gasteiger partial charge is 0.410 e. The molecule has 158 valence electrons. The average molecular weight is 410 g/mol. The van der Waals surface area contributed by atoms with E-state index in [1.807, 2.05) is 27.7 Å². The van der Waals surface area contributed by atoms with Crippen LogP contribution in [-0.2, 0) is 16.1 Å². The molecule has 1 saturated heterocycles. The fourth-order valence-electron chi connectivity index (χ4n) is 3.58. The number of amides is 2. The molecule has 0 saturated carbocycles. The zero-order valence-corrected chi connectivity index (χ0v) is 17.8. The van der Waals surface area contributed by atoms with Crippen LogP contribution in [-0.4, -0.2) is 64.4 Å². The fraction of sp³-hybridized carbons (Fsp3) is 0.455. The van der Waals surface area contributed by atoms with Crippen molar-refractivity contribution in [3.05, 3.63) is 35.0 Å². The van der Waals surface area contributed by atoms with Gasteiger partial charge in [-0.2, -0.15) is 5.26 Å². The molecule has 1 aromatic carbocycles. The van der Waals surface area contributed by atoms with E-state index in [0.717, 1.165) is 22.8 Å². The molecule has 0 radical (unpaired) electrons. The van der Waals surface area contributed by atoms with E-state index < -0.39 is 5.60 Å². The van der Waals surface area contributed by atoms with Crippen LogP contribution in [0.3, 0.4) is 0 Å². The highest BCUT2D eigenvalue weighted by atomic mass is 16.6. The van der Waals surface area contributed by atoms with Crippen molar-refractivity contribution in [2.75, 3.05) is 26.2 Å². The lowest BCUT2D eigenvalue weighted by Crippen LogP contribution is -2.52. The molecule has 0 unspecified atom stereocenters. The molecular formula is C22H26N4O4. The summed E-state index contributed by atoms with van der Waals surface area (Å²) in [5, 5.41) is 10.3. The summed E-state index contributed by atoms with van der Waals surface area (Å²) in [5.41, 5.74) is 1.91. The Labute approximate surface area is 175 Å². The first-order chi connectivity index (χ1) is 14.1. The van der Waals surface area contributed by atoms with Crippen LogP contribution in [0.4, 0.5) is 4.79 Å². The minimum Gasteiger partial charge on any atom is -0.444 e. The van der Waals surface area contributed by atoms with Gasteiger partial charge in [-0.1, -0.05) is 0 Å². The first-order valence-corrected chi connectivity index (χ1v) is 9.88. The maximum absolute atomic E-state index is 12.9. The number of nitrogens with zero attached hydrogens (tertiary/aromatic N) is 4. The molecule has 30 heavy (non-hydrogen) atoms. The third-order valence-corrected chi connectivity index (χ3v) is 5.22. The lowest BCUT2D eigenvalue weighted by atomic mass is 10.1. The number of rotatable bonds is 3. The van der Waals surface area contributed by atoms with E-state index in [2.05, 4.69) is 6.07 Å². The number of carbonyl (C=O) groups excluding carboxylic acids is 3. The molecule has 0 N–H and O–H groups in total. The van der Waals surface area contributed by atoms with Gasteiger partial charge in [0.15, 0.2) is 0 Å². The Kier molecular flexibility index (Phi) is 5.83. The Morgan fingerprint density at radius 1 is 1.17 bits per heavy atom. The molecule has 1 aliphatic rings. The summed E-state index contributed by atoms with van der Waals surface area (Å²) in [4.78, 5) is 39.6. The second kappa shape index (κ2) is 8.19. The zero-order valence-electron chi connectivity index (χ0n) is 17.8. The van der Waals surface area contributed by atoms with Crippen molar-refractivity contribution in [2.24, 2.45) is 0 Å².